The summed E-state index contributed by atoms with van der Waals surface area (Å²) in [6, 6.07) is 0. The molecule has 0 bridgehead atoms. The van der Waals surface area contributed by atoms with Gasteiger partial charge in [-0.25, -0.2) is 4.79 Å². The molecule has 1 rings (SSSR count). The Balaban J connectivity index is 2.70. The number of hydrogen-bond acceptors (Lipinski definition) is 5. The van der Waals surface area contributed by atoms with Crippen LogP contribution in [0.25, 0.3) is 0 Å². The molecule has 1 saturated heterocycles. The standard InChI is InChI=1S/C12H20N2O4S/c1-3-4-8(10(13)19)11(15)14-5-6-18-9(7-14)12(16)17-2/h8-9H,3-7H2,1-2H3,(H2,13,19). The number of thiocarbonyl (C=S) groups is 1. The van der Waals surface area contributed by atoms with Crippen LogP contribution in [0.4, 0.5) is 0 Å². The molecule has 6 nitrogen and oxygen atoms in total. The Morgan fingerprint density at radius 2 is 2.26 bits per heavy atom. The molecule has 1 aliphatic heterocycles. The van der Waals surface area contributed by atoms with Crippen LogP contribution in [-0.4, -0.2) is 54.7 Å². The number of nitrogens with zero attached hydrogens (tertiary/aromatic N) is 1. The number of ether oxygens (including phenoxy) is 2. The SMILES string of the molecule is CCCC(C(=O)N1CCOC(C(=O)OC)C1)C(N)=S. The average molecular weight is 288 g/mol. The molecule has 1 heterocycles. The van der Waals surface area contributed by atoms with Gasteiger partial charge in [0.2, 0.25) is 5.91 Å². The fourth-order valence-corrected chi connectivity index (χ4v) is 2.24. The highest BCUT2D eigenvalue weighted by Gasteiger charge is 2.33. The topological polar surface area (TPSA) is 81.9 Å². The molecule has 0 aromatic heterocycles. The molecule has 0 spiro atoms. The van der Waals surface area contributed by atoms with E-state index in [4.69, 9.17) is 22.7 Å². The van der Waals surface area contributed by atoms with Gasteiger partial charge in [0, 0.05) is 6.54 Å². The quantitative estimate of drug-likeness (QED) is 0.570. The van der Waals surface area contributed by atoms with Gasteiger partial charge in [0.15, 0.2) is 6.10 Å². The van der Waals surface area contributed by atoms with Crippen LogP contribution in [0.15, 0.2) is 0 Å². The van der Waals surface area contributed by atoms with E-state index in [1.54, 1.807) is 4.90 Å². The van der Waals surface area contributed by atoms with Crippen LogP contribution in [0.2, 0.25) is 0 Å². The summed E-state index contributed by atoms with van der Waals surface area (Å²) in [5.74, 6) is -1.07. The van der Waals surface area contributed by atoms with Gasteiger partial charge in [-0.15, -0.1) is 0 Å². The van der Waals surface area contributed by atoms with Crippen LogP contribution < -0.4 is 5.73 Å². The first-order valence-electron chi connectivity index (χ1n) is 6.28. The second kappa shape index (κ2) is 7.40. The highest BCUT2D eigenvalue weighted by molar-refractivity contribution is 7.80. The van der Waals surface area contributed by atoms with Crippen molar-refractivity contribution in [1.29, 1.82) is 0 Å². The first-order valence-corrected chi connectivity index (χ1v) is 6.69. The van der Waals surface area contributed by atoms with Crippen LogP contribution in [0, 0.1) is 5.92 Å². The Kier molecular flexibility index (Phi) is 6.17. The number of amides is 1. The van der Waals surface area contributed by atoms with Crippen molar-refractivity contribution in [3.63, 3.8) is 0 Å². The summed E-state index contributed by atoms with van der Waals surface area (Å²) in [7, 11) is 1.29. The fourth-order valence-electron chi connectivity index (χ4n) is 2.02. The molecule has 2 N–H and O–H groups in total. The minimum absolute atomic E-state index is 0.133. The monoisotopic (exact) mass is 288 g/mol. The molecular weight excluding hydrogens is 268 g/mol. The summed E-state index contributed by atoms with van der Waals surface area (Å²) in [4.78, 5) is 25.5. The Morgan fingerprint density at radius 3 is 2.79 bits per heavy atom. The van der Waals surface area contributed by atoms with Gasteiger partial charge in [0.05, 0.1) is 31.2 Å². The van der Waals surface area contributed by atoms with E-state index in [2.05, 4.69) is 4.74 Å². The lowest BCUT2D eigenvalue weighted by Gasteiger charge is -2.33. The van der Waals surface area contributed by atoms with E-state index < -0.39 is 18.0 Å². The predicted octanol–water partition coefficient (Wildman–Crippen LogP) is 0.0892. The van der Waals surface area contributed by atoms with Gasteiger partial charge in [-0.2, -0.15) is 0 Å². The highest BCUT2D eigenvalue weighted by Crippen LogP contribution is 2.15. The number of methoxy groups -OCH3 is 1. The summed E-state index contributed by atoms with van der Waals surface area (Å²) in [6.07, 6.45) is 0.712. The molecule has 2 unspecified atom stereocenters. The summed E-state index contributed by atoms with van der Waals surface area (Å²) >= 11 is 4.94. The summed E-state index contributed by atoms with van der Waals surface area (Å²) < 4.78 is 9.90. The largest absolute Gasteiger partial charge is 0.467 e. The van der Waals surface area contributed by atoms with Gasteiger partial charge in [0.25, 0.3) is 0 Å². The number of morpholine rings is 1. The number of rotatable bonds is 5. The van der Waals surface area contributed by atoms with Crippen LogP contribution >= 0.6 is 12.2 Å². The number of carbonyl (C=O) groups is 2. The van der Waals surface area contributed by atoms with Crippen molar-refractivity contribution in [3.8, 4) is 0 Å². The lowest BCUT2D eigenvalue weighted by Crippen LogP contribution is -2.52. The minimum atomic E-state index is -0.726. The van der Waals surface area contributed by atoms with Gasteiger partial charge in [0.1, 0.15) is 0 Å². The van der Waals surface area contributed by atoms with Crippen LogP contribution in [0.1, 0.15) is 19.8 Å². The highest BCUT2D eigenvalue weighted by atomic mass is 32.1. The van der Waals surface area contributed by atoms with Crippen molar-refractivity contribution in [3.05, 3.63) is 0 Å². The Bertz CT molecular complexity index is 362. The zero-order chi connectivity index (χ0) is 14.4. The summed E-state index contributed by atoms with van der Waals surface area (Å²) in [5, 5.41) is 0. The molecule has 1 fully saturated rings. The van der Waals surface area contributed by atoms with E-state index >= 15 is 0 Å². The summed E-state index contributed by atoms with van der Waals surface area (Å²) in [6.45, 7) is 2.90. The van der Waals surface area contributed by atoms with Crippen LogP contribution in [0.5, 0.6) is 0 Å². The zero-order valence-corrected chi connectivity index (χ0v) is 12.1. The van der Waals surface area contributed by atoms with Gasteiger partial charge < -0.3 is 20.1 Å². The van der Waals surface area contributed by atoms with Crippen LogP contribution in [-0.2, 0) is 19.1 Å². The zero-order valence-electron chi connectivity index (χ0n) is 11.3. The maximum absolute atomic E-state index is 12.3. The average Bonchev–Trinajstić information content (AvgIpc) is 2.43. The van der Waals surface area contributed by atoms with Crippen molar-refractivity contribution >= 4 is 29.1 Å². The number of esters is 1. The molecule has 0 aromatic rings. The smallest absolute Gasteiger partial charge is 0.336 e. The molecule has 0 aliphatic carbocycles. The Morgan fingerprint density at radius 1 is 1.58 bits per heavy atom. The fraction of sp³-hybridized carbons (Fsp3) is 0.750. The second-order valence-electron chi connectivity index (χ2n) is 4.41. The van der Waals surface area contributed by atoms with Gasteiger partial charge in [-0.05, 0) is 6.42 Å². The third-order valence-electron chi connectivity index (χ3n) is 3.06. The van der Waals surface area contributed by atoms with E-state index in [0.717, 1.165) is 6.42 Å². The van der Waals surface area contributed by atoms with Gasteiger partial charge in [-0.1, -0.05) is 25.6 Å². The molecule has 108 valence electrons. The first-order chi connectivity index (χ1) is 9.01. The molecule has 0 saturated carbocycles. The van der Waals surface area contributed by atoms with E-state index in [1.165, 1.54) is 7.11 Å². The molecule has 7 heteroatoms. The lowest BCUT2D eigenvalue weighted by molar-refractivity contribution is -0.163. The minimum Gasteiger partial charge on any atom is -0.467 e. The number of carbonyl (C=O) groups excluding carboxylic acids is 2. The van der Waals surface area contributed by atoms with Gasteiger partial charge >= 0.3 is 5.97 Å². The van der Waals surface area contributed by atoms with Crippen molar-refractivity contribution < 1.29 is 19.1 Å². The van der Waals surface area contributed by atoms with E-state index in [-0.39, 0.29) is 17.4 Å². The van der Waals surface area contributed by atoms with Crippen molar-refractivity contribution in [2.75, 3.05) is 26.8 Å². The molecule has 2 atom stereocenters. The molecule has 19 heavy (non-hydrogen) atoms. The van der Waals surface area contributed by atoms with E-state index in [0.29, 0.717) is 19.6 Å². The number of nitrogens with two attached hydrogens (primary N) is 1. The molecular formula is C12H20N2O4S. The molecule has 0 radical (unpaired) electrons. The third-order valence-corrected chi connectivity index (χ3v) is 3.35. The van der Waals surface area contributed by atoms with Crippen molar-refractivity contribution in [2.45, 2.75) is 25.9 Å². The molecule has 1 aliphatic rings. The van der Waals surface area contributed by atoms with Crippen molar-refractivity contribution in [2.24, 2.45) is 11.7 Å². The molecule has 0 aromatic carbocycles. The normalized spacial score (nSPS) is 20.7. The van der Waals surface area contributed by atoms with E-state index in [1.807, 2.05) is 6.92 Å². The predicted molar refractivity (Wildman–Crippen MR) is 73.5 cm³/mol. The maximum Gasteiger partial charge on any atom is 0.336 e. The van der Waals surface area contributed by atoms with Crippen LogP contribution in [0.3, 0.4) is 0 Å². The Labute approximate surface area is 118 Å². The summed E-state index contributed by atoms with van der Waals surface area (Å²) in [5.41, 5.74) is 5.61. The first kappa shape index (κ1) is 15.8. The second-order valence-corrected chi connectivity index (χ2v) is 4.88. The Hall–Kier alpha value is -1.21. The molecule has 1 amide bonds. The van der Waals surface area contributed by atoms with E-state index in [9.17, 15) is 9.59 Å². The van der Waals surface area contributed by atoms with Gasteiger partial charge in [-0.3, -0.25) is 4.79 Å². The number of hydrogen-bond donors (Lipinski definition) is 1. The third kappa shape index (κ3) is 4.14. The van der Waals surface area contributed by atoms with Crippen molar-refractivity contribution in [1.82, 2.24) is 4.90 Å². The lowest BCUT2D eigenvalue weighted by atomic mass is 10.0. The maximum atomic E-state index is 12.3.